The number of hydrogen-bond acceptors (Lipinski definition) is 3. The summed E-state index contributed by atoms with van der Waals surface area (Å²) in [5, 5.41) is 0. The second-order valence-electron chi connectivity index (χ2n) is 5.56. The molecule has 5 heteroatoms. The van der Waals surface area contributed by atoms with Gasteiger partial charge in [0.05, 0.1) is 5.75 Å². The molecule has 1 aromatic carbocycles. The first-order valence-corrected chi connectivity index (χ1v) is 8.26. The lowest BCUT2D eigenvalue weighted by Gasteiger charge is -2.33. The van der Waals surface area contributed by atoms with Crippen molar-refractivity contribution in [1.82, 2.24) is 4.90 Å². The number of piperidine rings is 1. The normalized spacial score (nSPS) is 18.6. The van der Waals surface area contributed by atoms with E-state index in [-0.39, 0.29) is 11.8 Å². The number of nitrogens with zero attached hydrogens (tertiary/aromatic N) is 1. The number of aryl methyl sites for hydroxylation is 2. The van der Waals surface area contributed by atoms with E-state index in [0.29, 0.717) is 18.7 Å². The number of carbonyl (C=O) groups is 2. The van der Waals surface area contributed by atoms with Crippen LogP contribution in [0.25, 0.3) is 0 Å². The Morgan fingerprint density at radius 1 is 1.33 bits per heavy atom. The molecule has 0 bridgehead atoms. The molecule has 1 saturated heterocycles. The number of hydrogen-bond donors (Lipinski definition) is 1. The molecule has 0 aliphatic carbocycles. The summed E-state index contributed by atoms with van der Waals surface area (Å²) in [6.45, 7) is 4.72. The summed E-state index contributed by atoms with van der Waals surface area (Å²) in [5.41, 5.74) is 7.76. The number of carbonyl (C=O) groups excluding carboxylic acids is 2. The van der Waals surface area contributed by atoms with Crippen molar-refractivity contribution in [2.24, 2.45) is 5.73 Å². The van der Waals surface area contributed by atoms with Crippen molar-refractivity contribution < 1.29 is 9.59 Å². The highest BCUT2D eigenvalue weighted by atomic mass is 32.2. The maximum absolute atomic E-state index is 12.4. The molecule has 21 heavy (non-hydrogen) atoms. The van der Waals surface area contributed by atoms with Gasteiger partial charge in [-0.25, -0.2) is 0 Å². The maximum Gasteiger partial charge on any atom is 0.240 e. The van der Waals surface area contributed by atoms with Gasteiger partial charge < -0.3 is 10.6 Å². The predicted molar refractivity (Wildman–Crippen MR) is 85.2 cm³/mol. The number of primary amides is 1. The summed E-state index contributed by atoms with van der Waals surface area (Å²) in [6, 6.07) is 5.80. The molecule has 1 atom stereocenters. The van der Waals surface area contributed by atoms with Crippen LogP contribution in [0.2, 0.25) is 0 Å². The van der Waals surface area contributed by atoms with E-state index in [4.69, 9.17) is 5.73 Å². The number of amides is 2. The average Bonchev–Trinajstić information content (AvgIpc) is 2.47. The predicted octanol–water partition coefficient (Wildman–Crippen LogP) is 2.26. The largest absolute Gasteiger partial charge is 0.368 e. The van der Waals surface area contributed by atoms with E-state index in [1.54, 1.807) is 4.90 Å². The van der Waals surface area contributed by atoms with Crippen LogP contribution in [0.3, 0.4) is 0 Å². The van der Waals surface area contributed by atoms with Crippen LogP contribution in [-0.2, 0) is 9.59 Å². The van der Waals surface area contributed by atoms with E-state index < -0.39 is 6.04 Å². The Morgan fingerprint density at radius 2 is 2.10 bits per heavy atom. The molecular weight excluding hydrogens is 284 g/mol. The van der Waals surface area contributed by atoms with Gasteiger partial charge in [-0.2, -0.15) is 0 Å². The van der Waals surface area contributed by atoms with Crippen LogP contribution in [0.4, 0.5) is 0 Å². The van der Waals surface area contributed by atoms with Crippen molar-refractivity contribution in [3.05, 3.63) is 29.3 Å². The number of likely N-dealkylation sites (tertiary alicyclic amines) is 1. The Morgan fingerprint density at radius 3 is 2.81 bits per heavy atom. The molecule has 0 radical (unpaired) electrons. The fraction of sp³-hybridized carbons (Fsp3) is 0.500. The van der Waals surface area contributed by atoms with Gasteiger partial charge in [0.2, 0.25) is 11.8 Å². The molecule has 1 fully saturated rings. The zero-order valence-electron chi connectivity index (χ0n) is 12.6. The zero-order valence-corrected chi connectivity index (χ0v) is 13.4. The molecule has 0 unspecified atom stereocenters. The van der Waals surface area contributed by atoms with Crippen LogP contribution in [0.5, 0.6) is 0 Å². The zero-order chi connectivity index (χ0) is 15.4. The fourth-order valence-electron chi connectivity index (χ4n) is 2.61. The topological polar surface area (TPSA) is 63.4 Å². The van der Waals surface area contributed by atoms with Crippen LogP contribution >= 0.6 is 11.8 Å². The highest BCUT2D eigenvalue weighted by molar-refractivity contribution is 8.00. The van der Waals surface area contributed by atoms with Gasteiger partial charge in [0.25, 0.3) is 0 Å². The van der Waals surface area contributed by atoms with Gasteiger partial charge in [-0.05, 0) is 44.7 Å². The summed E-state index contributed by atoms with van der Waals surface area (Å²) in [4.78, 5) is 26.6. The van der Waals surface area contributed by atoms with Gasteiger partial charge in [0.1, 0.15) is 6.04 Å². The van der Waals surface area contributed by atoms with Crippen molar-refractivity contribution in [2.45, 2.75) is 44.0 Å². The minimum atomic E-state index is -0.426. The third kappa shape index (κ3) is 4.00. The van der Waals surface area contributed by atoms with Crippen LogP contribution in [0.1, 0.15) is 30.4 Å². The lowest BCUT2D eigenvalue weighted by molar-refractivity contribution is -0.138. The smallest absolute Gasteiger partial charge is 0.240 e. The van der Waals surface area contributed by atoms with Gasteiger partial charge in [-0.1, -0.05) is 17.7 Å². The molecular formula is C16H22N2O2S. The average molecular weight is 306 g/mol. The number of nitrogens with two attached hydrogens (primary N) is 1. The molecule has 1 aliphatic rings. The second-order valence-corrected chi connectivity index (χ2v) is 6.58. The molecule has 4 nitrogen and oxygen atoms in total. The molecule has 2 rings (SSSR count). The first-order valence-electron chi connectivity index (χ1n) is 7.28. The summed E-state index contributed by atoms with van der Waals surface area (Å²) >= 11 is 1.53. The van der Waals surface area contributed by atoms with Gasteiger partial charge in [0.15, 0.2) is 0 Å². The van der Waals surface area contributed by atoms with Gasteiger partial charge in [0, 0.05) is 11.4 Å². The summed E-state index contributed by atoms with van der Waals surface area (Å²) in [5.74, 6) is -0.0298. The van der Waals surface area contributed by atoms with Crippen LogP contribution in [0, 0.1) is 13.8 Å². The number of rotatable bonds is 4. The summed E-state index contributed by atoms with van der Waals surface area (Å²) < 4.78 is 0. The quantitative estimate of drug-likeness (QED) is 0.868. The van der Waals surface area contributed by atoms with Crippen LogP contribution in [0.15, 0.2) is 23.1 Å². The van der Waals surface area contributed by atoms with Crippen LogP contribution in [-0.4, -0.2) is 35.1 Å². The van der Waals surface area contributed by atoms with Crippen molar-refractivity contribution in [2.75, 3.05) is 12.3 Å². The van der Waals surface area contributed by atoms with Crippen molar-refractivity contribution >= 4 is 23.6 Å². The standard InChI is InChI=1S/C16H22N2O2S/c1-11-6-7-12(2)14(9-11)21-10-15(19)18-8-4-3-5-13(18)16(17)20/h6-7,9,13H,3-5,8,10H2,1-2H3,(H2,17,20)/t13-/m0/s1. The number of benzene rings is 1. The summed E-state index contributed by atoms with van der Waals surface area (Å²) in [7, 11) is 0. The van der Waals surface area contributed by atoms with E-state index in [9.17, 15) is 9.59 Å². The molecule has 114 valence electrons. The van der Waals surface area contributed by atoms with E-state index in [1.165, 1.54) is 22.9 Å². The molecule has 2 amide bonds. The molecule has 1 aliphatic heterocycles. The Balaban J connectivity index is 2.00. The Bertz CT molecular complexity index is 545. The SMILES string of the molecule is Cc1ccc(C)c(SCC(=O)N2CCCC[C@H]2C(N)=O)c1. The van der Waals surface area contributed by atoms with Gasteiger partial charge in [-0.15, -0.1) is 11.8 Å². The molecule has 1 aromatic rings. The van der Waals surface area contributed by atoms with E-state index in [0.717, 1.165) is 17.7 Å². The van der Waals surface area contributed by atoms with E-state index in [2.05, 4.69) is 18.2 Å². The third-order valence-electron chi connectivity index (χ3n) is 3.85. The highest BCUT2D eigenvalue weighted by Gasteiger charge is 2.30. The summed E-state index contributed by atoms with van der Waals surface area (Å²) in [6.07, 6.45) is 2.60. The first kappa shape index (κ1) is 15.9. The minimum absolute atomic E-state index is 0.00408. The number of thioether (sulfide) groups is 1. The van der Waals surface area contributed by atoms with Crippen molar-refractivity contribution in [3.8, 4) is 0 Å². The fourth-order valence-corrected chi connectivity index (χ4v) is 3.62. The van der Waals surface area contributed by atoms with Crippen molar-refractivity contribution in [3.63, 3.8) is 0 Å². The molecule has 0 saturated carbocycles. The van der Waals surface area contributed by atoms with E-state index in [1.807, 2.05) is 13.8 Å². The Kier molecular flexibility index (Phi) is 5.28. The minimum Gasteiger partial charge on any atom is -0.368 e. The van der Waals surface area contributed by atoms with Gasteiger partial charge in [-0.3, -0.25) is 9.59 Å². The monoisotopic (exact) mass is 306 g/mol. The van der Waals surface area contributed by atoms with Crippen molar-refractivity contribution in [1.29, 1.82) is 0 Å². The molecule has 0 spiro atoms. The lowest BCUT2D eigenvalue weighted by atomic mass is 10.0. The van der Waals surface area contributed by atoms with Crippen LogP contribution < -0.4 is 5.73 Å². The molecule has 0 aromatic heterocycles. The Hall–Kier alpha value is -1.49. The maximum atomic E-state index is 12.4. The Labute approximate surface area is 130 Å². The van der Waals surface area contributed by atoms with E-state index >= 15 is 0 Å². The lowest BCUT2D eigenvalue weighted by Crippen LogP contribution is -2.51. The first-order chi connectivity index (χ1) is 9.99. The highest BCUT2D eigenvalue weighted by Crippen LogP contribution is 2.25. The third-order valence-corrected chi connectivity index (χ3v) is 4.99. The van der Waals surface area contributed by atoms with Gasteiger partial charge >= 0.3 is 0 Å². The molecule has 2 N–H and O–H groups in total. The molecule has 1 heterocycles. The second kappa shape index (κ2) is 6.98.